The van der Waals surface area contributed by atoms with Gasteiger partial charge in [-0.15, -0.1) is 0 Å². The van der Waals surface area contributed by atoms with E-state index in [2.05, 4.69) is 17.9 Å². The Labute approximate surface area is 91.7 Å². The number of rotatable bonds is 4. The largest absolute Gasteiger partial charge is 0.395 e. The molecule has 2 rings (SSSR count). The Hall–Kier alpha value is -0.590. The third-order valence-corrected chi connectivity index (χ3v) is 4.13. The molecule has 1 N–H and O–H groups in total. The van der Waals surface area contributed by atoms with Gasteiger partial charge in [0.25, 0.3) is 0 Å². The zero-order valence-corrected chi connectivity index (χ0v) is 9.45. The molecule has 84 valence electrons. The van der Waals surface area contributed by atoms with E-state index < -0.39 is 0 Å². The summed E-state index contributed by atoms with van der Waals surface area (Å²) in [6, 6.07) is 2.63. The predicted molar refractivity (Wildman–Crippen MR) is 58.1 cm³/mol. The molecule has 2 atom stereocenters. The van der Waals surface area contributed by atoms with Crippen molar-refractivity contribution in [1.82, 2.24) is 4.90 Å². The number of hydrogen-bond donors (Lipinski definition) is 1. The first-order valence-electron chi connectivity index (χ1n) is 5.93. The van der Waals surface area contributed by atoms with Crippen LogP contribution in [-0.2, 0) is 0 Å². The van der Waals surface area contributed by atoms with Crippen LogP contribution in [0.1, 0.15) is 32.6 Å². The number of nitrogens with zero attached hydrogens (tertiary/aromatic N) is 2. The third-order valence-electron chi connectivity index (χ3n) is 4.13. The van der Waals surface area contributed by atoms with Crippen molar-refractivity contribution < 1.29 is 5.11 Å². The minimum atomic E-state index is 0.268. The van der Waals surface area contributed by atoms with E-state index in [-0.39, 0.29) is 12.0 Å². The molecule has 0 aromatic heterocycles. The highest BCUT2D eigenvalue weighted by Gasteiger charge is 2.46. The molecule has 1 saturated heterocycles. The Bertz CT molecular complexity index is 267. The zero-order chi connectivity index (χ0) is 10.9. The van der Waals surface area contributed by atoms with E-state index >= 15 is 0 Å². The van der Waals surface area contributed by atoms with Crippen LogP contribution in [-0.4, -0.2) is 35.7 Å². The van der Waals surface area contributed by atoms with Crippen molar-refractivity contribution in [2.45, 2.75) is 38.6 Å². The van der Waals surface area contributed by atoms with Crippen LogP contribution in [0.3, 0.4) is 0 Å². The second-order valence-electron chi connectivity index (χ2n) is 5.32. The first-order valence-corrected chi connectivity index (χ1v) is 5.93. The molecule has 0 aromatic rings. The van der Waals surface area contributed by atoms with Crippen molar-refractivity contribution in [1.29, 1.82) is 5.26 Å². The zero-order valence-electron chi connectivity index (χ0n) is 9.45. The second kappa shape index (κ2) is 4.11. The standard InChI is InChI=1S/C12H20N2O/c1-10-2-7-14(11(10)8-15)9-12(3-4-12)5-6-13/h10-11,15H,2-5,7-9H2,1H3. The summed E-state index contributed by atoms with van der Waals surface area (Å²) in [5.74, 6) is 0.605. The van der Waals surface area contributed by atoms with E-state index in [0.717, 1.165) is 13.1 Å². The predicted octanol–water partition coefficient (Wildman–Crippen LogP) is 1.38. The molecule has 1 aliphatic heterocycles. The highest BCUT2D eigenvalue weighted by atomic mass is 16.3. The van der Waals surface area contributed by atoms with Crippen LogP contribution in [0.5, 0.6) is 0 Å². The van der Waals surface area contributed by atoms with Gasteiger partial charge in [-0.3, -0.25) is 4.90 Å². The molecule has 0 spiro atoms. The van der Waals surface area contributed by atoms with Crippen molar-refractivity contribution in [3.05, 3.63) is 0 Å². The summed E-state index contributed by atoms with van der Waals surface area (Å²) in [6.07, 6.45) is 4.27. The highest BCUT2D eigenvalue weighted by Crippen LogP contribution is 2.50. The molecule has 2 unspecified atom stereocenters. The summed E-state index contributed by atoms with van der Waals surface area (Å²) >= 11 is 0. The topological polar surface area (TPSA) is 47.3 Å². The normalized spacial score (nSPS) is 33.9. The second-order valence-corrected chi connectivity index (χ2v) is 5.32. The lowest BCUT2D eigenvalue weighted by molar-refractivity contribution is 0.120. The van der Waals surface area contributed by atoms with Gasteiger partial charge >= 0.3 is 0 Å². The maximum Gasteiger partial charge on any atom is 0.0628 e. The lowest BCUT2D eigenvalue weighted by Crippen LogP contribution is -2.39. The Morgan fingerprint density at radius 2 is 2.27 bits per heavy atom. The fraction of sp³-hybridized carbons (Fsp3) is 0.917. The lowest BCUT2D eigenvalue weighted by atomic mass is 10.0. The van der Waals surface area contributed by atoms with Crippen LogP contribution >= 0.6 is 0 Å². The molecular formula is C12H20N2O. The maximum atomic E-state index is 9.35. The summed E-state index contributed by atoms with van der Waals surface area (Å²) in [6.45, 7) is 4.60. The van der Waals surface area contributed by atoms with Crippen molar-refractivity contribution in [3.8, 4) is 6.07 Å². The molecule has 2 fully saturated rings. The van der Waals surface area contributed by atoms with Gasteiger partial charge in [0.15, 0.2) is 0 Å². The first-order chi connectivity index (χ1) is 7.21. The molecular weight excluding hydrogens is 188 g/mol. The lowest BCUT2D eigenvalue weighted by Gasteiger charge is -2.28. The minimum Gasteiger partial charge on any atom is -0.395 e. The number of likely N-dealkylation sites (tertiary alicyclic amines) is 1. The number of hydrogen-bond acceptors (Lipinski definition) is 3. The van der Waals surface area contributed by atoms with Crippen LogP contribution in [0.4, 0.5) is 0 Å². The third kappa shape index (κ3) is 2.16. The monoisotopic (exact) mass is 208 g/mol. The van der Waals surface area contributed by atoms with Crippen LogP contribution in [0.25, 0.3) is 0 Å². The number of nitriles is 1. The van der Waals surface area contributed by atoms with E-state index in [0.29, 0.717) is 18.4 Å². The van der Waals surface area contributed by atoms with Gasteiger partial charge in [-0.2, -0.15) is 5.26 Å². The van der Waals surface area contributed by atoms with E-state index in [1.807, 2.05) is 0 Å². The van der Waals surface area contributed by atoms with Gasteiger partial charge in [0.05, 0.1) is 12.7 Å². The van der Waals surface area contributed by atoms with E-state index in [9.17, 15) is 5.11 Å². The number of aliphatic hydroxyl groups excluding tert-OH is 1. The van der Waals surface area contributed by atoms with Crippen molar-refractivity contribution in [2.24, 2.45) is 11.3 Å². The van der Waals surface area contributed by atoms with Gasteiger partial charge in [0, 0.05) is 19.0 Å². The van der Waals surface area contributed by atoms with Crippen LogP contribution in [0.15, 0.2) is 0 Å². The number of aliphatic hydroxyl groups is 1. The van der Waals surface area contributed by atoms with Gasteiger partial charge in [-0.1, -0.05) is 6.92 Å². The molecule has 1 saturated carbocycles. The van der Waals surface area contributed by atoms with Gasteiger partial charge in [0.2, 0.25) is 0 Å². The SMILES string of the molecule is CC1CCN(CC2(CC#N)CC2)C1CO. The summed E-state index contributed by atoms with van der Waals surface area (Å²) < 4.78 is 0. The Kier molecular flexibility index (Phi) is 2.99. The average molecular weight is 208 g/mol. The van der Waals surface area contributed by atoms with Gasteiger partial charge in [-0.25, -0.2) is 0 Å². The molecule has 3 heteroatoms. The molecule has 1 heterocycles. The van der Waals surface area contributed by atoms with Crippen LogP contribution in [0.2, 0.25) is 0 Å². The van der Waals surface area contributed by atoms with Gasteiger partial charge < -0.3 is 5.11 Å². The average Bonchev–Trinajstić information content (AvgIpc) is 2.87. The molecule has 15 heavy (non-hydrogen) atoms. The fourth-order valence-corrected chi connectivity index (χ4v) is 2.75. The highest BCUT2D eigenvalue weighted by molar-refractivity contribution is 5.02. The smallest absolute Gasteiger partial charge is 0.0628 e. The van der Waals surface area contributed by atoms with Crippen molar-refractivity contribution >= 4 is 0 Å². The van der Waals surface area contributed by atoms with Crippen LogP contribution in [0, 0.1) is 22.7 Å². The van der Waals surface area contributed by atoms with Gasteiger partial charge in [-0.05, 0) is 37.1 Å². The molecule has 2 aliphatic rings. The van der Waals surface area contributed by atoms with Crippen LogP contribution < -0.4 is 0 Å². The van der Waals surface area contributed by atoms with Crippen molar-refractivity contribution in [2.75, 3.05) is 19.7 Å². The van der Waals surface area contributed by atoms with Crippen molar-refractivity contribution in [3.63, 3.8) is 0 Å². The molecule has 0 radical (unpaired) electrons. The molecule has 3 nitrogen and oxygen atoms in total. The van der Waals surface area contributed by atoms with Gasteiger partial charge in [0.1, 0.15) is 0 Å². The Morgan fingerprint density at radius 1 is 1.53 bits per heavy atom. The molecule has 0 aromatic carbocycles. The maximum absolute atomic E-state index is 9.35. The minimum absolute atomic E-state index is 0.268. The van der Waals surface area contributed by atoms with E-state index in [1.165, 1.54) is 19.3 Å². The molecule has 0 amide bonds. The van der Waals surface area contributed by atoms with E-state index in [4.69, 9.17) is 5.26 Å². The summed E-state index contributed by atoms with van der Waals surface area (Å²) in [7, 11) is 0. The summed E-state index contributed by atoms with van der Waals surface area (Å²) in [5.41, 5.74) is 0.284. The van der Waals surface area contributed by atoms with E-state index in [1.54, 1.807) is 0 Å². The quantitative estimate of drug-likeness (QED) is 0.759. The summed E-state index contributed by atoms with van der Waals surface area (Å²) in [4.78, 5) is 2.40. The molecule has 0 bridgehead atoms. The Morgan fingerprint density at radius 3 is 2.80 bits per heavy atom. The fourth-order valence-electron chi connectivity index (χ4n) is 2.75. The first kappa shape index (κ1) is 10.9. The summed E-state index contributed by atoms with van der Waals surface area (Å²) in [5, 5.41) is 18.1. The Balaban J connectivity index is 1.92. The molecule has 1 aliphatic carbocycles.